The van der Waals surface area contributed by atoms with E-state index < -0.39 is 21.7 Å². The summed E-state index contributed by atoms with van der Waals surface area (Å²) in [6.45, 7) is 1.75. The van der Waals surface area contributed by atoms with Crippen molar-refractivity contribution in [2.75, 3.05) is 16.3 Å². The summed E-state index contributed by atoms with van der Waals surface area (Å²) in [4.78, 5) is 20.3. The van der Waals surface area contributed by atoms with Crippen LogP contribution in [0.5, 0.6) is 0 Å². The van der Waals surface area contributed by atoms with Gasteiger partial charge in [0.25, 0.3) is 5.91 Å². The molecule has 2 aromatic heterocycles. The normalized spacial score (nSPS) is 11.3. The van der Waals surface area contributed by atoms with Crippen LogP contribution in [0, 0.1) is 12.7 Å². The number of aromatic nitrogens is 3. The van der Waals surface area contributed by atoms with Gasteiger partial charge in [-0.2, -0.15) is 0 Å². The first-order chi connectivity index (χ1) is 13.1. The molecule has 3 rings (SSSR count). The van der Waals surface area contributed by atoms with E-state index in [4.69, 9.17) is 11.6 Å². The number of nitrogens with zero attached hydrogens (tertiary/aromatic N) is 3. The Labute approximate surface area is 165 Å². The first kappa shape index (κ1) is 19.8. The van der Waals surface area contributed by atoms with Crippen LogP contribution in [0.3, 0.4) is 0 Å². The number of sulfonamides is 1. The molecule has 2 heterocycles. The summed E-state index contributed by atoms with van der Waals surface area (Å²) in [5.41, 5.74) is 1.51. The summed E-state index contributed by atoms with van der Waals surface area (Å²) in [6.07, 6.45) is 4.58. The predicted molar refractivity (Wildman–Crippen MR) is 104 cm³/mol. The molecule has 11 heteroatoms. The SMILES string of the molecule is Cc1cc(C(=O)Nc2cc(Cl)cc(NS(C)(=O)=O)c2)cn1-c1ncc(F)cn1. The van der Waals surface area contributed by atoms with Gasteiger partial charge >= 0.3 is 0 Å². The fourth-order valence-electron chi connectivity index (χ4n) is 2.48. The Morgan fingerprint density at radius 2 is 1.79 bits per heavy atom. The lowest BCUT2D eigenvalue weighted by Gasteiger charge is -2.09. The Balaban J connectivity index is 1.84. The molecule has 0 bridgehead atoms. The number of hydrogen-bond donors (Lipinski definition) is 2. The van der Waals surface area contributed by atoms with Crippen molar-refractivity contribution in [1.82, 2.24) is 14.5 Å². The van der Waals surface area contributed by atoms with Crippen molar-refractivity contribution in [3.8, 4) is 5.95 Å². The molecule has 0 atom stereocenters. The van der Waals surface area contributed by atoms with Crippen molar-refractivity contribution in [2.24, 2.45) is 0 Å². The summed E-state index contributed by atoms with van der Waals surface area (Å²) < 4.78 is 39.6. The Morgan fingerprint density at radius 1 is 1.14 bits per heavy atom. The lowest BCUT2D eigenvalue weighted by atomic mass is 10.2. The molecule has 28 heavy (non-hydrogen) atoms. The van der Waals surface area contributed by atoms with E-state index in [9.17, 15) is 17.6 Å². The average Bonchev–Trinajstić information content (AvgIpc) is 2.95. The molecule has 0 spiro atoms. The minimum atomic E-state index is -3.49. The number of anilines is 2. The van der Waals surface area contributed by atoms with Crippen LogP contribution in [0.15, 0.2) is 42.9 Å². The van der Waals surface area contributed by atoms with Crippen LogP contribution < -0.4 is 10.0 Å². The predicted octanol–water partition coefficient (Wildman–Crippen LogP) is 2.99. The zero-order chi connectivity index (χ0) is 20.5. The summed E-state index contributed by atoms with van der Waals surface area (Å²) in [7, 11) is -3.49. The van der Waals surface area contributed by atoms with Gasteiger partial charge in [0, 0.05) is 22.6 Å². The Hall–Kier alpha value is -2.98. The van der Waals surface area contributed by atoms with Crippen molar-refractivity contribution in [3.63, 3.8) is 0 Å². The molecule has 8 nitrogen and oxygen atoms in total. The maximum Gasteiger partial charge on any atom is 0.257 e. The molecule has 0 unspecified atom stereocenters. The molecule has 0 saturated carbocycles. The molecule has 0 aliphatic heterocycles. The maximum absolute atomic E-state index is 13.0. The molecule has 146 valence electrons. The van der Waals surface area contributed by atoms with E-state index in [1.165, 1.54) is 24.4 Å². The third kappa shape index (κ3) is 4.84. The van der Waals surface area contributed by atoms with Gasteiger partial charge < -0.3 is 5.32 Å². The third-order valence-corrected chi connectivity index (χ3v) is 4.38. The first-order valence-electron chi connectivity index (χ1n) is 7.87. The number of carbonyl (C=O) groups excluding carboxylic acids is 1. The molecule has 1 amide bonds. The van der Waals surface area contributed by atoms with Gasteiger partial charge in [0.1, 0.15) is 0 Å². The van der Waals surface area contributed by atoms with E-state index in [0.29, 0.717) is 16.9 Å². The van der Waals surface area contributed by atoms with E-state index in [1.54, 1.807) is 17.6 Å². The molecule has 3 aromatic rings. The van der Waals surface area contributed by atoms with E-state index in [1.807, 2.05) is 0 Å². The van der Waals surface area contributed by atoms with Crippen molar-refractivity contribution >= 4 is 38.9 Å². The van der Waals surface area contributed by atoms with Gasteiger partial charge in [0.05, 0.1) is 29.9 Å². The molecule has 0 aliphatic rings. The average molecular weight is 424 g/mol. The van der Waals surface area contributed by atoms with Gasteiger partial charge in [0.2, 0.25) is 16.0 Å². The van der Waals surface area contributed by atoms with E-state index in [0.717, 1.165) is 18.6 Å². The van der Waals surface area contributed by atoms with Gasteiger partial charge in [0.15, 0.2) is 5.82 Å². The van der Waals surface area contributed by atoms with Crippen LogP contribution in [0.4, 0.5) is 15.8 Å². The molecule has 0 radical (unpaired) electrons. The first-order valence-corrected chi connectivity index (χ1v) is 10.1. The zero-order valence-electron chi connectivity index (χ0n) is 14.8. The third-order valence-electron chi connectivity index (χ3n) is 3.56. The molecule has 0 saturated heterocycles. The lowest BCUT2D eigenvalue weighted by Crippen LogP contribution is -2.13. The fourth-order valence-corrected chi connectivity index (χ4v) is 3.26. The Kier molecular flexibility index (Phi) is 5.34. The monoisotopic (exact) mass is 423 g/mol. The number of nitrogens with one attached hydrogen (secondary N) is 2. The second-order valence-electron chi connectivity index (χ2n) is 6.00. The van der Waals surface area contributed by atoms with Crippen molar-refractivity contribution in [1.29, 1.82) is 0 Å². The number of carbonyl (C=O) groups is 1. The number of halogens is 2. The maximum atomic E-state index is 13.0. The molecule has 0 aliphatic carbocycles. The highest BCUT2D eigenvalue weighted by atomic mass is 35.5. The molecular weight excluding hydrogens is 409 g/mol. The van der Waals surface area contributed by atoms with Crippen LogP contribution in [0.2, 0.25) is 5.02 Å². The van der Waals surface area contributed by atoms with Crippen molar-refractivity contribution < 1.29 is 17.6 Å². The molecule has 0 fully saturated rings. The lowest BCUT2D eigenvalue weighted by molar-refractivity contribution is 0.102. The number of rotatable bonds is 5. The van der Waals surface area contributed by atoms with Gasteiger partial charge in [-0.15, -0.1) is 0 Å². The standard InChI is InChI=1S/C17H15ClFN5O3S/c1-10-3-11(9-24(10)17-20-7-13(19)8-21-17)16(25)22-14-4-12(18)5-15(6-14)23-28(2,26)27/h3-9,23H,1-2H3,(H,22,25). The zero-order valence-corrected chi connectivity index (χ0v) is 16.3. The summed E-state index contributed by atoms with van der Waals surface area (Å²) in [6, 6.07) is 5.96. The van der Waals surface area contributed by atoms with Gasteiger partial charge in [-0.25, -0.2) is 22.8 Å². The van der Waals surface area contributed by atoms with E-state index >= 15 is 0 Å². The topological polar surface area (TPSA) is 106 Å². The summed E-state index contributed by atoms with van der Waals surface area (Å²) in [5.74, 6) is -0.789. The highest BCUT2D eigenvalue weighted by Crippen LogP contribution is 2.24. The molecule has 1 aromatic carbocycles. The van der Waals surface area contributed by atoms with Crippen LogP contribution in [-0.2, 0) is 10.0 Å². The van der Waals surface area contributed by atoms with Gasteiger partial charge in [-0.05, 0) is 31.2 Å². The summed E-state index contributed by atoms with van der Waals surface area (Å²) >= 11 is 5.99. The van der Waals surface area contributed by atoms with Crippen molar-refractivity contribution in [3.05, 3.63) is 65.0 Å². The quantitative estimate of drug-likeness (QED) is 0.656. The van der Waals surface area contributed by atoms with Crippen LogP contribution >= 0.6 is 11.6 Å². The Morgan fingerprint density at radius 3 is 2.43 bits per heavy atom. The van der Waals surface area contributed by atoms with Crippen LogP contribution in [-0.4, -0.2) is 35.1 Å². The van der Waals surface area contributed by atoms with E-state index in [-0.39, 0.29) is 16.7 Å². The minimum absolute atomic E-state index is 0.221. The minimum Gasteiger partial charge on any atom is -0.322 e. The highest BCUT2D eigenvalue weighted by molar-refractivity contribution is 7.92. The number of aryl methyl sites for hydroxylation is 1. The van der Waals surface area contributed by atoms with Crippen LogP contribution in [0.1, 0.15) is 16.1 Å². The summed E-state index contributed by atoms with van der Waals surface area (Å²) in [5, 5.41) is 2.90. The van der Waals surface area contributed by atoms with Crippen molar-refractivity contribution in [2.45, 2.75) is 6.92 Å². The smallest absolute Gasteiger partial charge is 0.257 e. The van der Waals surface area contributed by atoms with Gasteiger partial charge in [-0.1, -0.05) is 11.6 Å². The molecule has 2 N–H and O–H groups in total. The number of hydrogen-bond acceptors (Lipinski definition) is 5. The second kappa shape index (κ2) is 7.56. The number of benzene rings is 1. The molecular formula is C17H15ClFN5O3S. The largest absolute Gasteiger partial charge is 0.322 e. The Bertz CT molecular complexity index is 1150. The highest BCUT2D eigenvalue weighted by Gasteiger charge is 2.14. The second-order valence-corrected chi connectivity index (χ2v) is 8.18. The van der Waals surface area contributed by atoms with Gasteiger partial charge in [-0.3, -0.25) is 14.1 Å². The van der Waals surface area contributed by atoms with E-state index in [2.05, 4.69) is 20.0 Å². The van der Waals surface area contributed by atoms with Crippen LogP contribution in [0.25, 0.3) is 5.95 Å². The fraction of sp³-hybridized carbons (Fsp3) is 0.118. The number of amides is 1.